The summed E-state index contributed by atoms with van der Waals surface area (Å²) in [6.45, 7) is 3.26. The Morgan fingerprint density at radius 2 is 1.05 bits per heavy atom. The first-order valence-electron chi connectivity index (χ1n) is 6.15. The maximum Gasteiger partial charge on any atom is 0.104 e. The van der Waals surface area contributed by atoms with Crippen LogP contribution in [0.4, 0.5) is 0 Å². The van der Waals surface area contributed by atoms with Crippen LogP contribution in [0.15, 0.2) is 36.4 Å². The number of epoxide rings is 2. The van der Waals surface area contributed by atoms with E-state index in [0.29, 0.717) is 12.2 Å². The van der Waals surface area contributed by atoms with Crippen LogP contribution in [0.3, 0.4) is 0 Å². The molecule has 110 valence electrons. The highest BCUT2D eigenvalue weighted by molar-refractivity contribution is 4.99. The van der Waals surface area contributed by atoms with Gasteiger partial charge < -0.3 is 24.4 Å². The van der Waals surface area contributed by atoms with Crippen LogP contribution in [0.1, 0.15) is 0 Å². The van der Waals surface area contributed by atoms with E-state index < -0.39 is 0 Å². The van der Waals surface area contributed by atoms with E-state index in [4.69, 9.17) is 24.4 Å². The van der Waals surface area contributed by atoms with E-state index in [2.05, 4.69) is 0 Å². The van der Waals surface area contributed by atoms with E-state index in [1.54, 1.807) is 0 Å². The molecule has 19 heavy (non-hydrogen) atoms. The molecule has 1 aromatic rings. The van der Waals surface area contributed by atoms with Gasteiger partial charge in [-0.25, -0.2) is 0 Å². The van der Waals surface area contributed by atoms with Gasteiger partial charge in [-0.3, -0.25) is 0 Å². The molecule has 0 aromatic heterocycles. The van der Waals surface area contributed by atoms with Gasteiger partial charge in [-0.1, -0.05) is 36.4 Å². The lowest BCUT2D eigenvalue weighted by molar-refractivity contribution is 0.102. The lowest BCUT2D eigenvalue weighted by atomic mass is 10.4. The molecular formula is C14H24O5. The van der Waals surface area contributed by atoms with Gasteiger partial charge in [-0.05, 0) is 0 Å². The Bertz CT molecular complexity index is 221. The van der Waals surface area contributed by atoms with Crippen molar-refractivity contribution >= 4 is 0 Å². The van der Waals surface area contributed by atoms with Gasteiger partial charge in [0.15, 0.2) is 0 Å². The van der Waals surface area contributed by atoms with Crippen LogP contribution in [-0.2, 0) is 14.2 Å². The Balaban J connectivity index is 0.000000284. The van der Waals surface area contributed by atoms with Crippen LogP contribution in [-0.4, -0.2) is 63.1 Å². The fourth-order valence-electron chi connectivity index (χ4n) is 1.04. The van der Waals surface area contributed by atoms with E-state index in [9.17, 15) is 0 Å². The minimum atomic E-state index is 0.392. The molecule has 1 aromatic carbocycles. The molecule has 0 spiro atoms. The summed E-state index contributed by atoms with van der Waals surface area (Å²) in [6.07, 6.45) is 0.785. The van der Waals surface area contributed by atoms with Gasteiger partial charge in [0, 0.05) is 14.2 Å². The Kier molecular flexibility index (Phi) is 12.8. The number of rotatable bonds is 4. The van der Waals surface area contributed by atoms with Crippen LogP contribution < -0.4 is 0 Å². The molecule has 2 unspecified atom stereocenters. The molecule has 0 saturated carbocycles. The largest absolute Gasteiger partial charge is 0.400 e. The van der Waals surface area contributed by atoms with Crippen molar-refractivity contribution in [2.24, 2.45) is 0 Å². The number of aliphatic hydroxyl groups excluding tert-OH is 2. The third kappa shape index (κ3) is 13.3. The van der Waals surface area contributed by atoms with Crippen molar-refractivity contribution < 1.29 is 24.4 Å². The van der Waals surface area contributed by atoms with E-state index in [-0.39, 0.29) is 0 Å². The minimum absolute atomic E-state index is 0.392. The van der Waals surface area contributed by atoms with Crippen molar-refractivity contribution in [2.45, 2.75) is 12.2 Å². The average Bonchev–Trinajstić information content (AvgIpc) is 3.41. The zero-order chi connectivity index (χ0) is 14.3. The smallest absolute Gasteiger partial charge is 0.104 e. The van der Waals surface area contributed by atoms with Crippen LogP contribution >= 0.6 is 0 Å². The predicted octanol–water partition coefficient (Wildman–Crippen LogP) is 0.704. The number of hydrogen-bond donors (Lipinski definition) is 2. The van der Waals surface area contributed by atoms with Gasteiger partial charge >= 0.3 is 0 Å². The molecule has 2 saturated heterocycles. The highest BCUT2D eigenvalue weighted by Crippen LogP contribution is 2.12. The number of benzene rings is 1. The summed E-state index contributed by atoms with van der Waals surface area (Å²) in [5.41, 5.74) is 0. The Hall–Kier alpha value is -0.980. The topological polar surface area (TPSA) is 74.8 Å². The highest BCUT2D eigenvalue weighted by Gasteiger charge is 2.26. The van der Waals surface area contributed by atoms with Crippen LogP contribution in [0.5, 0.6) is 0 Å². The standard InChI is InChI=1S/C6H10O3.C6H6.2CH4O/c1(5-3-8-5)7-2-6-4-9-6;1-2-4-6-5-3-1;2*1-2/h5-6H,1-4H2;1-6H;2*2H,1H3. The molecule has 2 atom stereocenters. The first kappa shape index (κ1) is 18.0. The summed E-state index contributed by atoms with van der Waals surface area (Å²) in [6, 6.07) is 12.0. The molecule has 5 heteroatoms. The molecule has 0 amide bonds. The van der Waals surface area contributed by atoms with Crippen LogP contribution in [0, 0.1) is 0 Å². The molecule has 5 nitrogen and oxygen atoms in total. The molecule has 2 N–H and O–H groups in total. The van der Waals surface area contributed by atoms with Crippen LogP contribution in [0.2, 0.25) is 0 Å². The molecule has 0 bridgehead atoms. The first-order valence-corrected chi connectivity index (χ1v) is 6.15. The summed E-state index contributed by atoms with van der Waals surface area (Å²) in [4.78, 5) is 0. The maximum atomic E-state index is 7.00. The summed E-state index contributed by atoms with van der Waals surface area (Å²) < 4.78 is 15.1. The summed E-state index contributed by atoms with van der Waals surface area (Å²) >= 11 is 0. The van der Waals surface area contributed by atoms with E-state index in [1.165, 1.54) is 0 Å². The molecule has 2 aliphatic rings. The monoisotopic (exact) mass is 272 g/mol. The Labute approximate surface area is 114 Å². The zero-order valence-electron chi connectivity index (χ0n) is 11.6. The SMILES string of the molecule is C(OCC1CO1)C1CO1.CO.CO.c1ccccc1. The van der Waals surface area contributed by atoms with E-state index in [1.807, 2.05) is 36.4 Å². The first-order chi connectivity index (χ1) is 9.45. The second kappa shape index (κ2) is 13.5. The molecular weight excluding hydrogens is 248 g/mol. The molecule has 3 rings (SSSR count). The fourth-order valence-corrected chi connectivity index (χ4v) is 1.04. The zero-order valence-corrected chi connectivity index (χ0v) is 11.6. The van der Waals surface area contributed by atoms with Gasteiger partial charge in [0.25, 0.3) is 0 Å². The summed E-state index contributed by atoms with van der Waals surface area (Å²) in [7, 11) is 2.00. The van der Waals surface area contributed by atoms with Crippen molar-refractivity contribution in [1.29, 1.82) is 0 Å². The number of hydrogen-bond acceptors (Lipinski definition) is 5. The second-order valence-electron chi connectivity index (χ2n) is 3.60. The van der Waals surface area contributed by atoms with Crippen molar-refractivity contribution in [1.82, 2.24) is 0 Å². The van der Waals surface area contributed by atoms with Gasteiger partial charge in [-0.2, -0.15) is 0 Å². The van der Waals surface area contributed by atoms with Crippen LogP contribution in [0.25, 0.3) is 0 Å². The number of ether oxygens (including phenoxy) is 3. The van der Waals surface area contributed by atoms with E-state index in [0.717, 1.165) is 40.6 Å². The normalized spacial score (nSPS) is 21.5. The Morgan fingerprint density at radius 1 is 0.789 bits per heavy atom. The lowest BCUT2D eigenvalue weighted by Crippen LogP contribution is -2.06. The average molecular weight is 272 g/mol. The Morgan fingerprint density at radius 3 is 1.26 bits per heavy atom. The molecule has 2 fully saturated rings. The minimum Gasteiger partial charge on any atom is -0.400 e. The lowest BCUT2D eigenvalue weighted by Gasteiger charge is -1.95. The third-order valence-electron chi connectivity index (χ3n) is 2.08. The molecule has 2 aliphatic heterocycles. The van der Waals surface area contributed by atoms with E-state index >= 15 is 0 Å². The number of aliphatic hydroxyl groups is 2. The van der Waals surface area contributed by atoms with Gasteiger partial charge in [0.1, 0.15) is 12.2 Å². The van der Waals surface area contributed by atoms with Gasteiger partial charge in [0.2, 0.25) is 0 Å². The second-order valence-corrected chi connectivity index (χ2v) is 3.60. The van der Waals surface area contributed by atoms with Crippen molar-refractivity contribution in [3.63, 3.8) is 0 Å². The highest BCUT2D eigenvalue weighted by atomic mass is 16.6. The molecule has 2 heterocycles. The molecule has 0 aliphatic carbocycles. The van der Waals surface area contributed by atoms with Gasteiger partial charge in [0.05, 0.1) is 26.4 Å². The maximum absolute atomic E-state index is 7.00. The summed E-state index contributed by atoms with van der Waals surface area (Å²) in [5, 5.41) is 14.0. The predicted molar refractivity (Wildman–Crippen MR) is 73.0 cm³/mol. The van der Waals surface area contributed by atoms with Crippen molar-refractivity contribution in [2.75, 3.05) is 40.6 Å². The van der Waals surface area contributed by atoms with Crippen molar-refractivity contribution in [3.05, 3.63) is 36.4 Å². The fraction of sp³-hybridized carbons (Fsp3) is 0.571. The van der Waals surface area contributed by atoms with Gasteiger partial charge in [-0.15, -0.1) is 0 Å². The van der Waals surface area contributed by atoms with Crippen molar-refractivity contribution in [3.8, 4) is 0 Å². The third-order valence-corrected chi connectivity index (χ3v) is 2.08. The molecule has 0 radical (unpaired) electrons. The summed E-state index contributed by atoms with van der Waals surface area (Å²) in [5.74, 6) is 0. The quantitative estimate of drug-likeness (QED) is 0.789.